The minimum atomic E-state index is 0.627. The molecule has 0 atom stereocenters. The number of thiazole rings is 1. The summed E-state index contributed by atoms with van der Waals surface area (Å²) in [5.41, 5.74) is 12.5. The third kappa shape index (κ3) is 1.83. The highest BCUT2D eigenvalue weighted by Crippen LogP contribution is 2.35. The molecule has 0 saturated heterocycles. The lowest BCUT2D eigenvalue weighted by molar-refractivity contribution is 0.775. The quantitative estimate of drug-likeness (QED) is 0.789. The van der Waals surface area contributed by atoms with E-state index in [0.29, 0.717) is 5.82 Å². The summed E-state index contributed by atoms with van der Waals surface area (Å²) in [6.45, 7) is 0.772. The second-order valence-electron chi connectivity index (χ2n) is 5.37. The first kappa shape index (κ1) is 12.4. The molecule has 21 heavy (non-hydrogen) atoms. The highest BCUT2D eigenvalue weighted by molar-refractivity contribution is 7.10. The molecule has 2 aromatic heterocycles. The van der Waals surface area contributed by atoms with Gasteiger partial charge in [-0.1, -0.05) is 0 Å². The number of nitriles is 1. The van der Waals surface area contributed by atoms with Crippen molar-refractivity contribution in [1.29, 1.82) is 5.26 Å². The molecule has 104 valence electrons. The lowest BCUT2D eigenvalue weighted by Crippen LogP contribution is -2.04. The molecule has 0 fully saturated rings. The summed E-state index contributed by atoms with van der Waals surface area (Å²) < 4.78 is 2.35. The Morgan fingerprint density at radius 2 is 2.29 bits per heavy atom. The molecule has 4 rings (SSSR count). The topological polar surface area (TPSA) is 67.6 Å². The van der Waals surface area contributed by atoms with Gasteiger partial charge < -0.3 is 10.3 Å². The van der Waals surface area contributed by atoms with Gasteiger partial charge in [0.25, 0.3) is 0 Å². The van der Waals surface area contributed by atoms with Gasteiger partial charge in [-0.05, 0) is 43.0 Å². The fraction of sp³-hybridized carbons (Fsp3) is 0.250. The molecule has 0 aliphatic heterocycles. The smallest absolute Gasteiger partial charge is 0.139 e. The minimum absolute atomic E-state index is 0.627. The average molecular weight is 294 g/mol. The van der Waals surface area contributed by atoms with Gasteiger partial charge in [-0.15, -0.1) is 11.3 Å². The Morgan fingerprint density at radius 3 is 3.05 bits per heavy atom. The number of anilines is 1. The van der Waals surface area contributed by atoms with Crippen molar-refractivity contribution in [3.05, 3.63) is 45.4 Å². The predicted octanol–water partition coefficient (Wildman–Crippen LogP) is 3.09. The largest absolute Gasteiger partial charge is 0.383 e. The number of nitrogen functional groups attached to an aromatic ring is 1. The van der Waals surface area contributed by atoms with Crippen molar-refractivity contribution in [2.24, 2.45) is 0 Å². The van der Waals surface area contributed by atoms with Crippen LogP contribution in [0.15, 0.2) is 23.7 Å². The van der Waals surface area contributed by atoms with E-state index >= 15 is 0 Å². The van der Waals surface area contributed by atoms with E-state index in [1.807, 2.05) is 12.1 Å². The average Bonchev–Trinajstić information content (AvgIpc) is 3.18. The van der Waals surface area contributed by atoms with Gasteiger partial charge >= 0.3 is 0 Å². The third-order valence-corrected chi connectivity index (χ3v) is 5.06. The van der Waals surface area contributed by atoms with E-state index in [9.17, 15) is 0 Å². The Bertz CT molecular complexity index is 882. The number of hydrogen-bond acceptors (Lipinski definition) is 4. The second kappa shape index (κ2) is 4.61. The molecule has 2 heterocycles. The fourth-order valence-electron chi connectivity index (χ4n) is 3.27. The van der Waals surface area contributed by atoms with Gasteiger partial charge in [0.15, 0.2) is 0 Å². The molecule has 1 aromatic carbocycles. The van der Waals surface area contributed by atoms with Gasteiger partial charge in [0.05, 0.1) is 28.6 Å². The Labute approximate surface area is 126 Å². The van der Waals surface area contributed by atoms with Crippen molar-refractivity contribution in [2.45, 2.75) is 25.8 Å². The van der Waals surface area contributed by atoms with E-state index in [2.05, 4.69) is 21.7 Å². The lowest BCUT2D eigenvalue weighted by Gasteiger charge is -2.08. The Balaban J connectivity index is 1.93. The number of nitrogens with two attached hydrogens (primary N) is 1. The van der Waals surface area contributed by atoms with Crippen LogP contribution < -0.4 is 5.73 Å². The standard InChI is InChI=1S/C16H14N4S/c17-7-10-4-5-14-12(6-10)11-2-1-3-13(11)20(14)8-15-16(18)19-9-21-15/h4-6,9H,1-3,8,18H2. The SMILES string of the molecule is N#Cc1ccc2c(c1)c1c(n2Cc2scnc2N)CCC1. The number of hydrogen-bond donors (Lipinski definition) is 1. The normalized spacial score (nSPS) is 13.5. The van der Waals surface area contributed by atoms with Crippen LogP contribution in [0.2, 0.25) is 0 Å². The van der Waals surface area contributed by atoms with E-state index in [1.165, 1.54) is 28.6 Å². The molecule has 1 aliphatic rings. The van der Waals surface area contributed by atoms with Crippen LogP contribution in [-0.2, 0) is 19.4 Å². The van der Waals surface area contributed by atoms with E-state index in [0.717, 1.165) is 29.8 Å². The molecule has 0 unspecified atom stereocenters. The van der Waals surface area contributed by atoms with Crippen LogP contribution >= 0.6 is 11.3 Å². The number of nitrogens with zero attached hydrogens (tertiary/aromatic N) is 3. The highest BCUT2D eigenvalue weighted by Gasteiger charge is 2.22. The molecule has 3 aromatic rings. The predicted molar refractivity (Wildman–Crippen MR) is 84.3 cm³/mol. The summed E-state index contributed by atoms with van der Waals surface area (Å²) in [6.07, 6.45) is 3.39. The van der Waals surface area contributed by atoms with Crippen LogP contribution in [0.4, 0.5) is 5.82 Å². The van der Waals surface area contributed by atoms with Crippen molar-refractivity contribution in [3.63, 3.8) is 0 Å². The van der Waals surface area contributed by atoms with Crippen LogP contribution in [0.25, 0.3) is 10.9 Å². The number of rotatable bonds is 2. The van der Waals surface area contributed by atoms with E-state index in [1.54, 1.807) is 16.8 Å². The zero-order valence-corrected chi connectivity index (χ0v) is 12.3. The van der Waals surface area contributed by atoms with Crippen LogP contribution in [0.5, 0.6) is 0 Å². The Kier molecular flexibility index (Phi) is 2.72. The summed E-state index contributed by atoms with van der Waals surface area (Å²) in [4.78, 5) is 5.24. The van der Waals surface area contributed by atoms with Crippen LogP contribution in [0.1, 0.15) is 28.1 Å². The molecule has 4 nitrogen and oxygen atoms in total. The zero-order chi connectivity index (χ0) is 14.4. The van der Waals surface area contributed by atoms with Crippen molar-refractivity contribution >= 4 is 28.1 Å². The maximum atomic E-state index is 9.12. The van der Waals surface area contributed by atoms with Gasteiger partial charge in [-0.25, -0.2) is 4.98 Å². The fourth-order valence-corrected chi connectivity index (χ4v) is 3.94. The van der Waals surface area contributed by atoms with Gasteiger partial charge in [0.1, 0.15) is 5.82 Å². The third-order valence-electron chi connectivity index (χ3n) is 4.23. The molecule has 0 spiro atoms. The maximum absolute atomic E-state index is 9.12. The number of fused-ring (bicyclic) bond motifs is 3. The first-order valence-electron chi connectivity index (χ1n) is 7.00. The van der Waals surface area contributed by atoms with Gasteiger partial charge in [0.2, 0.25) is 0 Å². The van der Waals surface area contributed by atoms with Crippen LogP contribution in [0, 0.1) is 11.3 Å². The lowest BCUT2D eigenvalue weighted by atomic mass is 10.1. The molecular formula is C16H14N4S. The van der Waals surface area contributed by atoms with Crippen molar-refractivity contribution in [3.8, 4) is 6.07 Å². The molecule has 1 aliphatic carbocycles. The van der Waals surface area contributed by atoms with Crippen molar-refractivity contribution in [2.75, 3.05) is 5.73 Å². The highest BCUT2D eigenvalue weighted by atomic mass is 32.1. The first-order chi connectivity index (χ1) is 10.3. The Morgan fingerprint density at radius 1 is 1.38 bits per heavy atom. The summed E-state index contributed by atoms with van der Waals surface area (Å²) in [5.74, 6) is 0.627. The Hall–Kier alpha value is -2.32. The first-order valence-corrected chi connectivity index (χ1v) is 7.88. The van der Waals surface area contributed by atoms with E-state index in [-0.39, 0.29) is 0 Å². The molecule has 0 amide bonds. The molecule has 0 bridgehead atoms. The maximum Gasteiger partial charge on any atom is 0.139 e. The van der Waals surface area contributed by atoms with E-state index < -0.39 is 0 Å². The zero-order valence-electron chi connectivity index (χ0n) is 11.5. The number of benzene rings is 1. The molecule has 2 N–H and O–H groups in total. The number of aryl methyl sites for hydroxylation is 1. The van der Waals surface area contributed by atoms with E-state index in [4.69, 9.17) is 11.0 Å². The van der Waals surface area contributed by atoms with Crippen LogP contribution in [-0.4, -0.2) is 9.55 Å². The van der Waals surface area contributed by atoms with Crippen LogP contribution in [0.3, 0.4) is 0 Å². The monoisotopic (exact) mass is 294 g/mol. The minimum Gasteiger partial charge on any atom is -0.383 e. The molecular weight excluding hydrogens is 280 g/mol. The summed E-state index contributed by atoms with van der Waals surface area (Å²) in [5, 5.41) is 10.3. The second-order valence-corrected chi connectivity index (χ2v) is 6.31. The van der Waals surface area contributed by atoms with Crippen molar-refractivity contribution < 1.29 is 0 Å². The van der Waals surface area contributed by atoms with Gasteiger partial charge in [0, 0.05) is 16.6 Å². The van der Waals surface area contributed by atoms with Crippen molar-refractivity contribution in [1.82, 2.24) is 9.55 Å². The number of aromatic nitrogens is 2. The van der Waals surface area contributed by atoms with Gasteiger partial charge in [-0.3, -0.25) is 0 Å². The molecule has 5 heteroatoms. The summed E-state index contributed by atoms with van der Waals surface area (Å²) in [6, 6.07) is 8.21. The summed E-state index contributed by atoms with van der Waals surface area (Å²) >= 11 is 1.60. The summed E-state index contributed by atoms with van der Waals surface area (Å²) in [7, 11) is 0. The van der Waals surface area contributed by atoms with Gasteiger partial charge in [-0.2, -0.15) is 5.26 Å². The molecule has 0 radical (unpaired) electrons. The molecule has 0 saturated carbocycles.